The van der Waals surface area contributed by atoms with Gasteiger partial charge in [0, 0.05) is 29.9 Å². The second-order valence-electron chi connectivity index (χ2n) is 8.34. The van der Waals surface area contributed by atoms with E-state index in [9.17, 15) is 8.42 Å². The Kier molecular flexibility index (Phi) is 6.17. The van der Waals surface area contributed by atoms with Crippen molar-refractivity contribution in [2.24, 2.45) is 0 Å². The topological polar surface area (TPSA) is 85.5 Å². The summed E-state index contributed by atoms with van der Waals surface area (Å²) in [5, 5.41) is 4.12. The van der Waals surface area contributed by atoms with Gasteiger partial charge in [0.1, 0.15) is 0 Å². The number of anilines is 1. The minimum absolute atomic E-state index is 0.0685. The van der Waals surface area contributed by atoms with Crippen LogP contribution in [0.1, 0.15) is 11.1 Å². The lowest BCUT2D eigenvalue weighted by Crippen LogP contribution is -2.36. The average Bonchev–Trinajstić information content (AvgIpc) is 3.36. The highest BCUT2D eigenvalue weighted by Crippen LogP contribution is 2.26. The van der Waals surface area contributed by atoms with Crippen molar-refractivity contribution in [1.82, 2.24) is 10.1 Å². The van der Waals surface area contributed by atoms with Gasteiger partial charge in [-0.2, -0.15) is 4.98 Å². The molecule has 0 saturated carbocycles. The zero-order chi connectivity index (χ0) is 23.5. The first kappa shape index (κ1) is 22.3. The molecule has 8 heteroatoms. The number of rotatable bonds is 6. The van der Waals surface area contributed by atoms with Gasteiger partial charge >= 0.3 is 0 Å². The van der Waals surface area contributed by atoms with Crippen LogP contribution in [0.2, 0.25) is 0 Å². The summed E-state index contributed by atoms with van der Waals surface area (Å²) in [6.07, 6.45) is 0. The summed E-state index contributed by atoms with van der Waals surface area (Å²) in [6, 6.07) is 22.1. The predicted molar refractivity (Wildman–Crippen MR) is 130 cm³/mol. The Morgan fingerprint density at radius 1 is 0.853 bits per heavy atom. The number of hydrogen-bond donors (Lipinski definition) is 0. The molecule has 0 aliphatic carbocycles. The number of nitrogens with zero attached hydrogens (tertiary/aromatic N) is 3. The molecular weight excluding hydrogens is 450 g/mol. The molecule has 0 spiro atoms. The maximum Gasteiger partial charge on any atom is 0.258 e. The third-order valence-corrected chi connectivity index (χ3v) is 7.57. The number of sulfone groups is 1. The van der Waals surface area contributed by atoms with E-state index in [1.54, 1.807) is 48.5 Å². The van der Waals surface area contributed by atoms with Crippen molar-refractivity contribution in [2.75, 3.05) is 31.2 Å². The number of aryl methyl sites for hydroxylation is 1. The zero-order valence-electron chi connectivity index (χ0n) is 18.8. The molecule has 0 bridgehead atoms. The first-order valence-corrected chi connectivity index (χ1v) is 12.8. The van der Waals surface area contributed by atoms with Gasteiger partial charge in [0.2, 0.25) is 5.82 Å². The fourth-order valence-corrected chi connectivity index (χ4v) is 5.24. The second-order valence-corrected chi connectivity index (χ2v) is 10.3. The molecular formula is C26H25N3O4S. The van der Waals surface area contributed by atoms with Gasteiger partial charge in [-0.05, 0) is 61.0 Å². The monoisotopic (exact) mass is 475 g/mol. The minimum atomic E-state index is -3.41. The first-order chi connectivity index (χ1) is 16.5. The molecule has 0 amide bonds. The van der Waals surface area contributed by atoms with Gasteiger partial charge in [0.05, 0.1) is 23.9 Å². The molecule has 1 fully saturated rings. The van der Waals surface area contributed by atoms with Crippen molar-refractivity contribution in [1.29, 1.82) is 0 Å². The summed E-state index contributed by atoms with van der Waals surface area (Å²) in [5.41, 5.74) is 4.47. The largest absolute Gasteiger partial charge is 0.378 e. The summed E-state index contributed by atoms with van der Waals surface area (Å²) >= 11 is 0. The lowest BCUT2D eigenvalue weighted by Gasteiger charge is -2.28. The van der Waals surface area contributed by atoms with Crippen LogP contribution in [0.4, 0.5) is 5.69 Å². The third-order valence-electron chi connectivity index (χ3n) is 5.87. The van der Waals surface area contributed by atoms with Gasteiger partial charge in [-0.3, -0.25) is 0 Å². The molecule has 1 saturated heterocycles. The van der Waals surface area contributed by atoms with Crippen molar-refractivity contribution < 1.29 is 17.7 Å². The van der Waals surface area contributed by atoms with E-state index in [0.717, 1.165) is 48.7 Å². The quantitative estimate of drug-likeness (QED) is 0.405. The van der Waals surface area contributed by atoms with Crippen LogP contribution >= 0.6 is 0 Å². The van der Waals surface area contributed by atoms with Gasteiger partial charge in [-0.15, -0.1) is 0 Å². The Balaban J connectivity index is 1.28. The van der Waals surface area contributed by atoms with Crippen molar-refractivity contribution >= 4 is 15.5 Å². The maximum absolute atomic E-state index is 12.7. The van der Waals surface area contributed by atoms with Gasteiger partial charge in [0.25, 0.3) is 5.89 Å². The summed E-state index contributed by atoms with van der Waals surface area (Å²) in [4.78, 5) is 7.13. The van der Waals surface area contributed by atoms with Crippen LogP contribution in [0.25, 0.3) is 22.8 Å². The Morgan fingerprint density at radius 3 is 2.18 bits per heavy atom. The highest BCUT2D eigenvalue weighted by atomic mass is 32.2. The Bertz CT molecular complexity index is 1360. The van der Waals surface area contributed by atoms with E-state index in [1.165, 1.54) is 0 Å². The first-order valence-electron chi connectivity index (χ1n) is 11.1. The number of morpholine rings is 1. The average molecular weight is 476 g/mol. The normalized spacial score (nSPS) is 14.3. The van der Waals surface area contributed by atoms with Crippen molar-refractivity contribution in [3.8, 4) is 22.8 Å². The fourth-order valence-electron chi connectivity index (χ4n) is 3.89. The van der Waals surface area contributed by atoms with Crippen LogP contribution in [0.5, 0.6) is 0 Å². The van der Waals surface area contributed by atoms with Gasteiger partial charge in [0.15, 0.2) is 9.84 Å². The molecule has 174 valence electrons. The van der Waals surface area contributed by atoms with E-state index >= 15 is 0 Å². The predicted octanol–water partition coefficient (Wildman–Crippen LogP) is 4.52. The van der Waals surface area contributed by atoms with E-state index in [-0.39, 0.29) is 5.75 Å². The molecule has 4 aromatic rings. The van der Waals surface area contributed by atoms with Crippen molar-refractivity contribution in [3.63, 3.8) is 0 Å². The number of benzene rings is 3. The molecule has 0 unspecified atom stereocenters. The van der Waals surface area contributed by atoms with Crippen LogP contribution in [0, 0.1) is 6.92 Å². The van der Waals surface area contributed by atoms with E-state index in [0.29, 0.717) is 22.2 Å². The molecule has 5 rings (SSSR count). The van der Waals surface area contributed by atoms with Gasteiger partial charge < -0.3 is 14.2 Å². The third kappa shape index (κ3) is 4.88. The minimum Gasteiger partial charge on any atom is -0.378 e. The smallest absolute Gasteiger partial charge is 0.258 e. The molecule has 0 atom stereocenters. The lowest BCUT2D eigenvalue weighted by atomic mass is 10.1. The highest BCUT2D eigenvalue weighted by Gasteiger charge is 2.17. The molecule has 2 heterocycles. The molecule has 7 nitrogen and oxygen atoms in total. The number of aromatic nitrogens is 2. The Morgan fingerprint density at radius 2 is 1.50 bits per heavy atom. The van der Waals surface area contributed by atoms with Crippen LogP contribution in [0.3, 0.4) is 0 Å². The highest BCUT2D eigenvalue weighted by molar-refractivity contribution is 7.90. The Labute approximate surface area is 198 Å². The molecule has 1 aliphatic heterocycles. The SMILES string of the molecule is Cc1ccc(S(=O)(=O)Cc2ccc(-c3nc(-c4ccc(N5CCOCC5)cc4)no3)cc2)cc1. The second kappa shape index (κ2) is 9.40. The summed E-state index contributed by atoms with van der Waals surface area (Å²) in [5.74, 6) is 0.829. The van der Waals surface area contributed by atoms with Gasteiger partial charge in [-0.1, -0.05) is 35.0 Å². The molecule has 1 aliphatic rings. The Hall–Kier alpha value is -3.49. The molecule has 1 aromatic heterocycles. The molecule has 0 N–H and O–H groups in total. The number of ether oxygens (including phenoxy) is 1. The fraction of sp³-hybridized carbons (Fsp3) is 0.231. The van der Waals surface area contributed by atoms with Crippen LogP contribution in [-0.4, -0.2) is 44.9 Å². The summed E-state index contributed by atoms with van der Waals surface area (Å²) < 4.78 is 36.3. The number of hydrogen-bond acceptors (Lipinski definition) is 7. The molecule has 34 heavy (non-hydrogen) atoms. The van der Waals surface area contributed by atoms with E-state index < -0.39 is 9.84 Å². The van der Waals surface area contributed by atoms with E-state index in [1.807, 2.05) is 19.1 Å². The van der Waals surface area contributed by atoms with Crippen molar-refractivity contribution in [3.05, 3.63) is 83.9 Å². The summed E-state index contributed by atoms with van der Waals surface area (Å²) in [7, 11) is -3.41. The van der Waals surface area contributed by atoms with Crippen LogP contribution < -0.4 is 4.90 Å². The van der Waals surface area contributed by atoms with Crippen molar-refractivity contribution in [2.45, 2.75) is 17.6 Å². The summed E-state index contributed by atoms with van der Waals surface area (Å²) in [6.45, 7) is 5.18. The molecule has 0 radical (unpaired) electrons. The standard InChI is InChI=1S/C26H25N3O4S/c1-19-2-12-24(13-3-19)34(30,31)18-20-4-6-22(7-5-20)26-27-25(28-33-26)21-8-10-23(11-9-21)29-14-16-32-17-15-29/h2-13H,14-18H2,1H3. The van der Waals surface area contributed by atoms with E-state index in [4.69, 9.17) is 9.26 Å². The van der Waals surface area contributed by atoms with Crippen LogP contribution in [0.15, 0.2) is 82.2 Å². The maximum atomic E-state index is 12.7. The lowest BCUT2D eigenvalue weighted by molar-refractivity contribution is 0.122. The molecule has 3 aromatic carbocycles. The van der Waals surface area contributed by atoms with Gasteiger partial charge in [-0.25, -0.2) is 8.42 Å². The van der Waals surface area contributed by atoms with E-state index in [2.05, 4.69) is 27.2 Å². The van der Waals surface area contributed by atoms with Crippen LogP contribution in [-0.2, 0) is 20.3 Å². The zero-order valence-corrected chi connectivity index (χ0v) is 19.7.